The molecule has 12 heteroatoms. The lowest BCUT2D eigenvalue weighted by Crippen LogP contribution is -2.56. The first kappa shape index (κ1) is 38.4. The van der Waals surface area contributed by atoms with Gasteiger partial charge in [0, 0.05) is 13.0 Å². The molecule has 2 amide bonds. The number of benzene rings is 3. The predicted octanol–water partition coefficient (Wildman–Crippen LogP) is 3.75. The first-order valence-electron chi connectivity index (χ1n) is 16.4. The number of amides is 2. The Hall–Kier alpha value is -5.07. The Kier molecular flexibility index (Phi) is 17.0. The number of imide groups is 1. The number of ether oxygens (including phenoxy) is 3. The third kappa shape index (κ3) is 14.7. The van der Waals surface area contributed by atoms with Crippen LogP contribution >= 0.6 is 0 Å². The Labute approximate surface area is 287 Å². The topological polar surface area (TPSA) is 190 Å². The molecule has 0 bridgehead atoms. The summed E-state index contributed by atoms with van der Waals surface area (Å²) in [4.78, 5) is 58.7. The number of unbranched alkanes of at least 4 members (excludes halogenated alkanes) is 4. The van der Waals surface area contributed by atoms with Crippen molar-refractivity contribution < 1.29 is 33.4 Å². The fourth-order valence-corrected chi connectivity index (χ4v) is 4.88. The van der Waals surface area contributed by atoms with Crippen molar-refractivity contribution in [3.8, 4) is 0 Å². The smallest absolute Gasteiger partial charge is 0.332 e. The number of hydrogen-bond donors (Lipinski definition) is 3. The lowest BCUT2D eigenvalue weighted by molar-refractivity contribution is -0.166. The number of nitrogens with two attached hydrogens (primary N) is 3. The lowest BCUT2D eigenvalue weighted by Gasteiger charge is -2.30. The first-order valence-corrected chi connectivity index (χ1v) is 16.4. The summed E-state index contributed by atoms with van der Waals surface area (Å²) in [6.07, 6.45) is 3.08. The van der Waals surface area contributed by atoms with Crippen LogP contribution in [0.4, 0.5) is 0 Å². The molecule has 0 spiro atoms. The van der Waals surface area contributed by atoms with E-state index in [1.54, 1.807) is 36.4 Å². The number of guanidine groups is 1. The fourth-order valence-electron chi connectivity index (χ4n) is 4.88. The third-order valence-electron chi connectivity index (χ3n) is 7.49. The van der Waals surface area contributed by atoms with Gasteiger partial charge in [-0.05, 0) is 29.5 Å². The van der Waals surface area contributed by atoms with Gasteiger partial charge in [-0.15, -0.1) is 0 Å². The summed E-state index contributed by atoms with van der Waals surface area (Å²) in [6.45, 7) is 0.220. The molecule has 0 saturated carbocycles. The highest BCUT2D eigenvalue weighted by Crippen LogP contribution is 2.16. The van der Waals surface area contributed by atoms with Gasteiger partial charge in [0.1, 0.15) is 13.2 Å². The van der Waals surface area contributed by atoms with Gasteiger partial charge < -0.3 is 31.4 Å². The van der Waals surface area contributed by atoms with Crippen LogP contribution in [-0.4, -0.2) is 59.8 Å². The molecule has 0 unspecified atom stereocenters. The van der Waals surface area contributed by atoms with Crippen molar-refractivity contribution in [2.75, 3.05) is 13.2 Å². The van der Waals surface area contributed by atoms with Crippen molar-refractivity contribution in [2.24, 2.45) is 22.2 Å². The summed E-state index contributed by atoms with van der Waals surface area (Å²) in [5.41, 5.74) is 19.3. The van der Waals surface area contributed by atoms with Crippen molar-refractivity contribution in [1.29, 1.82) is 0 Å². The third-order valence-corrected chi connectivity index (χ3v) is 7.49. The second-order valence-corrected chi connectivity index (χ2v) is 11.5. The monoisotopic (exact) mass is 673 g/mol. The van der Waals surface area contributed by atoms with E-state index in [0.29, 0.717) is 19.4 Å². The van der Waals surface area contributed by atoms with E-state index >= 15 is 0 Å². The summed E-state index contributed by atoms with van der Waals surface area (Å²) < 4.78 is 16.8. The van der Waals surface area contributed by atoms with Gasteiger partial charge >= 0.3 is 11.9 Å². The second-order valence-electron chi connectivity index (χ2n) is 11.5. The van der Waals surface area contributed by atoms with Gasteiger partial charge in [0.2, 0.25) is 11.8 Å². The van der Waals surface area contributed by atoms with Crippen LogP contribution in [0.5, 0.6) is 0 Å². The van der Waals surface area contributed by atoms with Crippen LogP contribution in [0.3, 0.4) is 0 Å². The van der Waals surface area contributed by atoms with Gasteiger partial charge in [0.05, 0.1) is 25.7 Å². The maximum absolute atomic E-state index is 13.9. The predicted molar refractivity (Wildman–Crippen MR) is 185 cm³/mol. The van der Waals surface area contributed by atoms with Crippen LogP contribution in [0.1, 0.15) is 61.6 Å². The number of nitrogens with zero attached hydrogens (tertiary/aromatic N) is 2. The second kappa shape index (κ2) is 21.7. The lowest BCUT2D eigenvalue weighted by atomic mass is 10.1. The minimum Gasteiger partial charge on any atom is -0.461 e. The highest BCUT2D eigenvalue weighted by molar-refractivity contribution is 6.02. The van der Waals surface area contributed by atoms with Crippen molar-refractivity contribution in [2.45, 2.75) is 76.9 Å². The van der Waals surface area contributed by atoms with Crippen LogP contribution in [-0.2, 0) is 53.2 Å². The van der Waals surface area contributed by atoms with Crippen LogP contribution < -0.4 is 17.2 Å². The van der Waals surface area contributed by atoms with E-state index in [1.165, 1.54) is 0 Å². The molecule has 3 aromatic rings. The molecule has 0 saturated heterocycles. The Morgan fingerprint density at radius 2 is 1.18 bits per heavy atom. The van der Waals surface area contributed by atoms with E-state index in [0.717, 1.165) is 40.9 Å². The average Bonchev–Trinajstić information content (AvgIpc) is 3.11. The molecule has 3 rings (SSSR count). The maximum atomic E-state index is 13.9. The molecule has 2 atom stereocenters. The summed E-state index contributed by atoms with van der Waals surface area (Å²) in [5, 5.41) is 0. The number of aliphatic imine (C=N–C) groups is 1. The van der Waals surface area contributed by atoms with E-state index in [4.69, 9.17) is 31.4 Å². The van der Waals surface area contributed by atoms with Gasteiger partial charge in [-0.3, -0.25) is 24.3 Å². The fraction of sp³-hybridized carbons (Fsp3) is 0.378. The van der Waals surface area contributed by atoms with Gasteiger partial charge in [0.15, 0.2) is 12.0 Å². The zero-order valence-electron chi connectivity index (χ0n) is 27.8. The van der Waals surface area contributed by atoms with E-state index in [9.17, 15) is 19.2 Å². The van der Waals surface area contributed by atoms with Crippen molar-refractivity contribution in [3.05, 3.63) is 108 Å². The molecule has 6 N–H and O–H groups in total. The summed E-state index contributed by atoms with van der Waals surface area (Å²) in [5.74, 6) is -3.03. The molecule has 262 valence electrons. The Morgan fingerprint density at radius 3 is 1.76 bits per heavy atom. The van der Waals surface area contributed by atoms with Gasteiger partial charge in [0.25, 0.3) is 0 Å². The highest BCUT2D eigenvalue weighted by atomic mass is 16.5. The summed E-state index contributed by atoms with van der Waals surface area (Å²) in [6, 6.07) is 24.4. The van der Waals surface area contributed by atoms with Crippen molar-refractivity contribution in [1.82, 2.24) is 4.90 Å². The van der Waals surface area contributed by atoms with E-state index in [1.807, 2.05) is 54.6 Å². The molecule has 0 fully saturated rings. The largest absolute Gasteiger partial charge is 0.461 e. The number of rotatable bonds is 21. The normalized spacial score (nSPS) is 11.9. The van der Waals surface area contributed by atoms with Gasteiger partial charge in [-0.25, -0.2) is 4.79 Å². The Bertz CT molecular complexity index is 1470. The number of hydrogen-bond acceptors (Lipinski definition) is 9. The van der Waals surface area contributed by atoms with E-state index < -0.39 is 42.3 Å². The Morgan fingerprint density at radius 1 is 0.673 bits per heavy atom. The van der Waals surface area contributed by atoms with Crippen LogP contribution in [0.25, 0.3) is 0 Å². The molecule has 12 nitrogen and oxygen atoms in total. The minimum absolute atomic E-state index is 0.00303. The zero-order valence-corrected chi connectivity index (χ0v) is 27.8. The molecule has 0 aromatic heterocycles. The van der Waals surface area contributed by atoms with Crippen LogP contribution in [0, 0.1) is 0 Å². The zero-order chi connectivity index (χ0) is 35.3. The average molecular weight is 674 g/mol. The number of esters is 2. The minimum atomic E-state index is -1.46. The van der Waals surface area contributed by atoms with Crippen molar-refractivity contribution in [3.63, 3.8) is 0 Å². The summed E-state index contributed by atoms with van der Waals surface area (Å²) >= 11 is 0. The molecule has 0 aliphatic heterocycles. The standard InChI is InChI=1S/C37H47N5O7/c38-31(23-34(44)48-25-29-17-9-5-10-18-29)35(45)42(33(43)21-13-2-1-3-14-22-41-37(39)40)32(27-47-24-28-15-7-4-8-16-28)36(46)49-26-30-19-11-6-12-20-30/h4-12,15-20,31-32H,1-3,13-14,21-27,38H2,(H4,39,40,41)/t31-,32-/m0/s1. The molecular formula is C37H47N5O7. The molecule has 0 radical (unpaired) electrons. The van der Waals surface area contributed by atoms with E-state index in [2.05, 4.69) is 4.99 Å². The molecule has 49 heavy (non-hydrogen) atoms. The molecule has 0 aliphatic rings. The van der Waals surface area contributed by atoms with Gasteiger partial charge in [-0.2, -0.15) is 0 Å². The van der Waals surface area contributed by atoms with Gasteiger partial charge in [-0.1, -0.05) is 110 Å². The molecule has 0 heterocycles. The SMILES string of the molecule is NC(N)=NCCCCCCCC(=O)N(C(=O)[C@@H](N)CC(=O)OCc1ccccc1)[C@@H](COCc1ccccc1)C(=O)OCc1ccccc1. The Balaban J connectivity index is 1.74. The maximum Gasteiger partial charge on any atom is 0.332 e. The first-order chi connectivity index (χ1) is 23.7. The van der Waals surface area contributed by atoms with Crippen molar-refractivity contribution >= 4 is 29.7 Å². The van der Waals surface area contributed by atoms with Crippen LogP contribution in [0.2, 0.25) is 0 Å². The van der Waals surface area contributed by atoms with Crippen LogP contribution in [0.15, 0.2) is 96.0 Å². The van der Waals surface area contributed by atoms with E-state index in [-0.39, 0.29) is 38.8 Å². The molecule has 0 aliphatic carbocycles. The highest BCUT2D eigenvalue weighted by Gasteiger charge is 2.39. The molecule has 3 aromatic carbocycles. The number of carbonyl (C=O) groups excluding carboxylic acids is 4. The summed E-state index contributed by atoms with van der Waals surface area (Å²) in [7, 11) is 0. The molecular weight excluding hydrogens is 626 g/mol. The number of carbonyl (C=O) groups is 4. The quantitative estimate of drug-likeness (QED) is 0.0650.